The van der Waals surface area contributed by atoms with Gasteiger partial charge in [0, 0.05) is 17.8 Å². The number of aromatic amines is 1. The van der Waals surface area contributed by atoms with Crippen molar-refractivity contribution in [3.8, 4) is 11.3 Å². The number of pyridine rings is 1. The van der Waals surface area contributed by atoms with E-state index in [4.69, 9.17) is 0 Å². The highest BCUT2D eigenvalue weighted by Crippen LogP contribution is 2.34. The van der Waals surface area contributed by atoms with E-state index in [1.807, 2.05) is 22.2 Å². The van der Waals surface area contributed by atoms with Crippen LogP contribution in [-0.4, -0.2) is 18.9 Å². The van der Waals surface area contributed by atoms with E-state index in [2.05, 4.69) is 15.0 Å². The molecule has 1 N–H and O–H groups in total. The molecule has 3 aromatic heterocycles. The summed E-state index contributed by atoms with van der Waals surface area (Å²) in [4.78, 5) is 37.0. The zero-order chi connectivity index (χ0) is 17.7. The SMILES string of the molecule is O=c1[nH]c2cccnc2nc1-c1cccc2c(=O)n(C3CCCC3)sc12. The van der Waals surface area contributed by atoms with Crippen LogP contribution in [-0.2, 0) is 0 Å². The Kier molecular flexibility index (Phi) is 3.49. The van der Waals surface area contributed by atoms with Crippen molar-refractivity contribution in [1.82, 2.24) is 18.9 Å². The van der Waals surface area contributed by atoms with Gasteiger partial charge < -0.3 is 4.98 Å². The lowest BCUT2D eigenvalue weighted by Gasteiger charge is -2.07. The van der Waals surface area contributed by atoms with Crippen LogP contribution in [0.15, 0.2) is 46.1 Å². The average molecular weight is 364 g/mol. The quantitative estimate of drug-likeness (QED) is 0.590. The van der Waals surface area contributed by atoms with Crippen molar-refractivity contribution < 1.29 is 0 Å². The summed E-state index contributed by atoms with van der Waals surface area (Å²) in [5.41, 5.74) is 1.85. The summed E-state index contributed by atoms with van der Waals surface area (Å²) >= 11 is 1.45. The topological polar surface area (TPSA) is 80.6 Å². The molecule has 0 amide bonds. The van der Waals surface area contributed by atoms with Gasteiger partial charge >= 0.3 is 0 Å². The molecule has 1 aromatic carbocycles. The summed E-state index contributed by atoms with van der Waals surface area (Å²) in [6.07, 6.45) is 6.06. The Balaban J connectivity index is 1.77. The summed E-state index contributed by atoms with van der Waals surface area (Å²) in [6.45, 7) is 0. The lowest BCUT2D eigenvalue weighted by molar-refractivity contribution is 0.546. The summed E-state index contributed by atoms with van der Waals surface area (Å²) in [6, 6.07) is 9.30. The van der Waals surface area contributed by atoms with Crippen LogP contribution >= 0.6 is 11.5 Å². The normalized spacial score (nSPS) is 15.2. The summed E-state index contributed by atoms with van der Waals surface area (Å²) in [7, 11) is 0. The maximum atomic E-state index is 12.9. The Hall–Kier alpha value is -2.80. The van der Waals surface area contributed by atoms with Crippen molar-refractivity contribution in [3.05, 3.63) is 57.2 Å². The maximum Gasteiger partial charge on any atom is 0.275 e. The van der Waals surface area contributed by atoms with E-state index >= 15 is 0 Å². The molecule has 1 aliphatic rings. The molecule has 1 saturated carbocycles. The molecule has 0 aliphatic heterocycles. The Labute approximate surface area is 152 Å². The van der Waals surface area contributed by atoms with Crippen molar-refractivity contribution in [2.75, 3.05) is 0 Å². The second-order valence-corrected chi connectivity index (χ2v) is 7.62. The first-order valence-corrected chi connectivity index (χ1v) is 9.50. The number of fused-ring (bicyclic) bond motifs is 2. The molecule has 0 bridgehead atoms. The number of nitrogens with one attached hydrogen (secondary N) is 1. The van der Waals surface area contributed by atoms with Crippen molar-refractivity contribution in [3.63, 3.8) is 0 Å². The van der Waals surface area contributed by atoms with Crippen molar-refractivity contribution >= 4 is 32.8 Å². The molecule has 26 heavy (non-hydrogen) atoms. The van der Waals surface area contributed by atoms with Crippen LogP contribution in [0.5, 0.6) is 0 Å². The highest BCUT2D eigenvalue weighted by molar-refractivity contribution is 7.14. The first-order valence-electron chi connectivity index (χ1n) is 8.72. The van der Waals surface area contributed by atoms with Gasteiger partial charge in [-0.3, -0.25) is 13.5 Å². The molecule has 0 radical (unpaired) electrons. The highest BCUT2D eigenvalue weighted by Gasteiger charge is 2.23. The van der Waals surface area contributed by atoms with Crippen LogP contribution in [0.3, 0.4) is 0 Å². The fourth-order valence-corrected chi connectivity index (χ4v) is 4.99. The Morgan fingerprint density at radius 3 is 2.81 bits per heavy atom. The van der Waals surface area contributed by atoms with E-state index in [1.165, 1.54) is 11.5 Å². The summed E-state index contributed by atoms with van der Waals surface area (Å²) in [5.74, 6) is 0. The molecule has 3 heterocycles. The van der Waals surface area contributed by atoms with Gasteiger partial charge in [-0.25, -0.2) is 9.97 Å². The summed E-state index contributed by atoms with van der Waals surface area (Å²) < 4.78 is 2.70. The molecule has 6 nitrogen and oxygen atoms in total. The van der Waals surface area contributed by atoms with E-state index in [-0.39, 0.29) is 17.2 Å². The van der Waals surface area contributed by atoms with E-state index in [0.29, 0.717) is 27.8 Å². The Morgan fingerprint density at radius 2 is 1.96 bits per heavy atom. The van der Waals surface area contributed by atoms with Crippen LogP contribution < -0.4 is 11.1 Å². The van der Waals surface area contributed by atoms with Gasteiger partial charge in [0.05, 0.1) is 15.6 Å². The van der Waals surface area contributed by atoms with Crippen molar-refractivity contribution in [1.29, 1.82) is 0 Å². The van der Waals surface area contributed by atoms with Gasteiger partial charge in [0.15, 0.2) is 5.65 Å². The molecule has 1 fully saturated rings. The van der Waals surface area contributed by atoms with Gasteiger partial charge in [-0.05, 0) is 31.0 Å². The van der Waals surface area contributed by atoms with Gasteiger partial charge in [0.25, 0.3) is 11.1 Å². The third kappa shape index (κ3) is 2.31. The van der Waals surface area contributed by atoms with Crippen LogP contribution in [0, 0.1) is 0 Å². The molecule has 1 aliphatic carbocycles. The van der Waals surface area contributed by atoms with Crippen molar-refractivity contribution in [2.24, 2.45) is 0 Å². The number of hydrogen-bond donors (Lipinski definition) is 1. The Bertz CT molecular complexity index is 1250. The van der Waals surface area contributed by atoms with Gasteiger partial charge in [0.1, 0.15) is 5.69 Å². The molecule has 4 aromatic rings. The summed E-state index contributed by atoms with van der Waals surface area (Å²) in [5, 5.41) is 0.654. The molecule has 0 spiro atoms. The fourth-order valence-electron chi connectivity index (χ4n) is 3.73. The van der Waals surface area contributed by atoms with E-state index < -0.39 is 0 Å². The number of rotatable bonds is 2. The van der Waals surface area contributed by atoms with E-state index in [1.54, 1.807) is 18.3 Å². The predicted molar refractivity (Wildman–Crippen MR) is 103 cm³/mol. The van der Waals surface area contributed by atoms with Gasteiger partial charge in [-0.2, -0.15) is 0 Å². The van der Waals surface area contributed by atoms with Gasteiger partial charge in [-0.15, -0.1) is 0 Å². The Morgan fingerprint density at radius 1 is 1.12 bits per heavy atom. The first kappa shape index (κ1) is 15.5. The zero-order valence-electron chi connectivity index (χ0n) is 13.9. The second kappa shape index (κ2) is 5.88. The van der Waals surface area contributed by atoms with Crippen LogP contribution in [0.2, 0.25) is 0 Å². The predicted octanol–water partition coefficient (Wildman–Crippen LogP) is 3.48. The standard InChI is InChI=1S/C19H16N4O2S/c24-18-15(22-17-14(21-18)9-4-10-20-17)12-7-3-8-13-16(12)26-23(19(13)25)11-5-1-2-6-11/h3-4,7-11H,1-2,5-6H2,(H,21,24). The molecule has 0 atom stereocenters. The third-order valence-electron chi connectivity index (χ3n) is 5.01. The smallest absolute Gasteiger partial charge is 0.275 e. The minimum Gasteiger partial charge on any atom is -0.317 e. The fraction of sp³-hybridized carbons (Fsp3) is 0.263. The van der Waals surface area contributed by atoms with Gasteiger partial charge in [-0.1, -0.05) is 36.5 Å². The largest absolute Gasteiger partial charge is 0.317 e. The second-order valence-electron chi connectivity index (χ2n) is 6.63. The monoisotopic (exact) mass is 364 g/mol. The van der Waals surface area contributed by atoms with E-state index in [0.717, 1.165) is 30.4 Å². The number of hydrogen-bond acceptors (Lipinski definition) is 5. The van der Waals surface area contributed by atoms with Crippen LogP contribution in [0.1, 0.15) is 31.7 Å². The number of nitrogens with zero attached hydrogens (tertiary/aromatic N) is 3. The molecule has 7 heteroatoms. The molecule has 0 unspecified atom stereocenters. The van der Waals surface area contributed by atoms with Crippen LogP contribution in [0.25, 0.3) is 32.5 Å². The number of benzene rings is 1. The number of aromatic nitrogens is 4. The van der Waals surface area contributed by atoms with Crippen LogP contribution in [0.4, 0.5) is 0 Å². The minimum absolute atomic E-state index is 0.0362. The molecular weight excluding hydrogens is 348 g/mol. The van der Waals surface area contributed by atoms with Crippen molar-refractivity contribution in [2.45, 2.75) is 31.7 Å². The average Bonchev–Trinajstić information content (AvgIpc) is 3.29. The molecule has 0 saturated heterocycles. The van der Waals surface area contributed by atoms with Gasteiger partial charge in [0.2, 0.25) is 0 Å². The first-order chi connectivity index (χ1) is 12.7. The lowest BCUT2D eigenvalue weighted by Crippen LogP contribution is -2.16. The number of H-pyrrole nitrogens is 1. The minimum atomic E-state index is -0.272. The zero-order valence-corrected chi connectivity index (χ0v) is 14.8. The van der Waals surface area contributed by atoms with E-state index in [9.17, 15) is 9.59 Å². The molecule has 130 valence electrons. The highest BCUT2D eigenvalue weighted by atomic mass is 32.1. The molecular formula is C19H16N4O2S. The molecule has 5 rings (SSSR count). The third-order valence-corrected chi connectivity index (χ3v) is 6.30. The maximum absolute atomic E-state index is 12.9. The lowest BCUT2D eigenvalue weighted by atomic mass is 10.1.